The summed E-state index contributed by atoms with van der Waals surface area (Å²) in [7, 11) is -3.16. The monoisotopic (exact) mass is 229 g/mol. The molecule has 0 aliphatic rings. The molecule has 2 N–H and O–H groups in total. The SMILES string of the molecule is CS(=O)(=O)c1ccccc1CCNCO. The van der Waals surface area contributed by atoms with Gasteiger partial charge in [-0.15, -0.1) is 0 Å². The smallest absolute Gasteiger partial charge is 0.175 e. The molecule has 0 heterocycles. The third-order valence-corrected chi connectivity index (χ3v) is 3.25. The summed E-state index contributed by atoms with van der Waals surface area (Å²) in [6.07, 6.45) is 1.79. The second-order valence-corrected chi connectivity index (χ2v) is 5.27. The van der Waals surface area contributed by atoms with E-state index in [1.165, 1.54) is 6.26 Å². The molecule has 84 valence electrons. The van der Waals surface area contributed by atoms with E-state index in [4.69, 9.17) is 5.11 Å². The number of nitrogens with one attached hydrogen (secondary N) is 1. The molecule has 0 fully saturated rings. The molecule has 4 nitrogen and oxygen atoms in total. The fourth-order valence-corrected chi connectivity index (χ4v) is 2.35. The Hall–Kier alpha value is -0.910. The van der Waals surface area contributed by atoms with Crippen molar-refractivity contribution in [3.63, 3.8) is 0 Å². The highest BCUT2D eigenvalue weighted by atomic mass is 32.2. The summed E-state index contributed by atoms with van der Waals surface area (Å²) in [5.74, 6) is 0. The Balaban J connectivity index is 2.88. The summed E-state index contributed by atoms with van der Waals surface area (Å²) in [4.78, 5) is 0.365. The molecule has 0 spiro atoms. The van der Waals surface area contributed by atoms with Crippen LogP contribution in [0, 0.1) is 0 Å². The van der Waals surface area contributed by atoms with Crippen LogP contribution in [0.15, 0.2) is 29.2 Å². The zero-order valence-electron chi connectivity index (χ0n) is 8.60. The van der Waals surface area contributed by atoms with Gasteiger partial charge < -0.3 is 5.11 Å². The number of hydrogen-bond donors (Lipinski definition) is 2. The first-order valence-electron chi connectivity index (χ1n) is 4.65. The highest BCUT2D eigenvalue weighted by molar-refractivity contribution is 7.90. The van der Waals surface area contributed by atoms with Gasteiger partial charge in [0.2, 0.25) is 0 Å². The van der Waals surface area contributed by atoms with Crippen molar-refractivity contribution in [3.05, 3.63) is 29.8 Å². The van der Waals surface area contributed by atoms with E-state index < -0.39 is 9.84 Å². The predicted octanol–water partition coefficient (Wildman–Crippen LogP) is 0.172. The Morgan fingerprint density at radius 1 is 1.33 bits per heavy atom. The number of benzene rings is 1. The molecule has 0 amide bonds. The van der Waals surface area contributed by atoms with Crippen LogP contribution in [0.4, 0.5) is 0 Å². The van der Waals surface area contributed by atoms with E-state index in [1.54, 1.807) is 18.2 Å². The first kappa shape index (κ1) is 12.2. The molecular weight excluding hydrogens is 214 g/mol. The molecule has 0 saturated heterocycles. The van der Waals surface area contributed by atoms with Crippen molar-refractivity contribution in [2.75, 3.05) is 19.5 Å². The maximum Gasteiger partial charge on any atom is 0.175 e. The summed E-state index contributed by atoms with van der Waals surface area (Å²) in [5, 5.41) is 11.3. The molecule has 1 aromatic carbocycles. The van der Waals surface area contributed by atoms with Crippen LogP contribution in [0.3, 0.4) is 0 Å². The molecule has 0 atom stereocenters. The van der Waals surface area contributed by atoms with Crippen molar-refractivity contribution in [2.45, 2.75) is 11.3 Å². The van der Waals surface area contributed by atoms with Crippen molar-refractivity contribution in [2.24, 2.45) is 0 Å². The van der Waals surface area contributed by atoms with Gasteiger partial charge in [-0.05, 0) is 18.1 Å². The molecular formula is C10H15NO3S. The van der Waals surface area contributed by atoms with Crippen LogP contribution in [0.1, 0.15) is 5.56 Å². The molecule has 15 heavy (non-hydrogen) atoms. The van der Waals surface area contributed by atoms with E-state index >= 15 is 0 Å². The largest absolute Gasteiger partial charge is 0.381 e. The minimum atomic E-state index is -3.16. The third kappa shape index (κ3) is 3.62. The zero-order valence-corrected chi connectivity index (χ0v) is 9.42. The number of sulfone groups is 1. The highest BCUT2D eigenvalue weighted by Crippen LogP contribution is 2.15. The van der Waals surface area contributed by atoms with Gasteiger partial charge in [-0.1, -0.05) is 18.2 Å². The number of rotatable bonds is 5. The minimum Gasteiger partial charge on any atom is -0.381 e. The fraction of sp³-hybridized carbons (Fsp3) is 0.400. The van der Waals surface area contributed by atoms with Crippen molar-refractivity contribution >= 4 is 9.84 Å². The lowest BCUT2D eigenvalue weighted by Crippen LogP contribution is -2.18. The van der Waals surface area contributed by atoms with Crippen molar-refractivity contribution < 1.29 is 13.5 Å². The van der Waals surface area contributed by atoms with Crippen LogP contribution in [0.5, 0.6) is 0 Å². The van der Waals surface area contributed by atoms with E-state index in [9.17, 15) is 8.42 Å². The Labute approximate surface area is 89.9 Å². The number of aliphatic hydroxyl groups excluding tert-OH is 1. The van der Waals surface area contributed by atoms with Crippen LogP contribution in [0.25, 0.3) is 0 Å². The fourth-order valence-electron chi connectivity index (χ4n) is 1.37. The number of aliphatic hydroxyl groups is 1. The molecule has 0 unspecified atom stereocenters. The van der Waals surface area contributed by atoms with E-state index in [1.807, 2.05) is 6.07 Å². The van der Waals surface area contributed by atoms with Gasteiger partial charge in [0.25, 0.3) is 0 Å². The van der Waals surface area contributed by atoms with E-state index in [0.29, 0.717) is 17.9 Å². The first-order valence-corrected chi connectivity index (χ1v) is 6.54. The zero-order chi connectivity index (χ0) is 11.3. The van der Waals surface area contributed by atoms with Gasteiger partial charge in [0, 0.05) is 12.8 Å². The van der Waals surface area contributed by atoms with Crippen LogP contribution in [-0.2, 0) is 16.3 Å². The Morgan fingerprint density at radius 3 is 2.60 bits per heavy atom. The molecule has 0 radical (unpaired) electrons. The highest BCUT2D eigenvalue weighted by Gasteiger charge is 2.11. The van der Waals surface area contributed by atoms with Gasteiger partial charge in [0.05, 0.1) is 11.6 Å². The van der Waals surface area contributed by atoms with E-state index in [0.717, 1.165) is 5.56 Å². The Bertz CT molecular complexity index is 414. The lowest BCUT2D eigenvalue weighted by Gasteiger charge is -2.07. The summed E-state index contributed by atoms with van der Waals surface area (Å²) >= 11 is 0. The van der Waals surface area contributed by atoms with Gasteiger partial charge in [-0.3, -0.25) is 5.32 Å². The molecule has 0 saturated carbocycles. The second kappa shape index (κ2) is 5.25. The molecule has 1 aromatic rings. The average molecular weight is 229 g/mol. The van der Waals surface area contributed by atoms with Crippen LogP contribution < -0.4 is 5.32 Å². The van der Waals surface area contributed by atoms with Gasteiger partial charge in [-0.2, -0.15) is 0 Å². The second-order valence-electron chi connectivity index (χ2n) is 3.29. The Kier molecular flexibility index (Phi) is 4.26. The minimum absolute atomic E-state index is 0.0962. The predicted molar refractivity (Wildman–Crippen MR) is 58.3 cm³/mol. The summed E-state index contributed by atoms with van der Waals surface area (Å²) < 4.78 is 22.8. The maximum atomic E-state index is 11.4. The molecule has 0 aliphatic carbocycles. The van der Waals surface area contributed by atoms with Crippen molar-refractivity contribution in [1.29, 1.82) is 0 Å². The van der Waals surface area contributed by atoms with Gasteiger partial charge >= 0.3 is 0 Å². The maximum absolute atomic E-state index is 11.4. The molecule has 5 heteroatoms. The first-order chi connectivity index (χ1) is 7.05. The van der Waals surface area contributed by atoms with Crippen LogP contribution in [0.2, 0.25) is 0 Å². The van der Waals surface area contributed by atoms with Crippen LogP contribution in [-0.4, -0.2) is 33.1 Å². The van der Waals surface area contributed by atoms with E-state index in [2.05, 4.69) is 5.32 Å². The lowest BCUT2D eigenvalue weighted by atomic mass is 10.1. The summed E-state index contributed by atoms with van der Waals surface area (Å²) in [5.41, 5.74) is 0.779. The van der Waals surface area contributed by atoms with Gasteiger partial charge in [-0.25, -0.2) is 8.42 Å². The summed E-state index contributed by atoms with van der Waals surface area (Å²) in [6, 6.07) is 6.90. The average Bonchev–Trinajstić information content (AvgIpc) is 2.17. The van der Waals surface area contributed by atoms with Gasteiger partial charge in [0.15, 0.2) is 9.84 Å². The van der Waals surface area contributed by atoms with Crippen LogP contribution >= 0.6 is 0 Å². The topological polar surface area (TPSA) is 66.4 Å². The van der Waals surface area contributed by atoms with Crippen molar-refractivity contribution in [3.8, 4) is 0 Å². The van der Waals surface area contributed by atoms with Crippen molar-refractivity contribution in [1.82, 2.24) is 5.32 Å². The standard InChI is InChI=1S/C10H15NO3S/c1-15(13,14)10-5-3-2-4-9(10)6-7-11-8-12/h2-5,11-12H,6-8H2,1H3. The molecule has 0 aliphatic heterocycles. The number of hydrogen-bond acceptors (Lipinski definition) is 4. The molecule has 1 rings (SSSR count). The molecule has 0 aromatic heterocycles. The normalized spacial score (nSPS) is 11.6. The summed E-state index contributed by atoms with van der Waals surface area (Å²) in [6.45, 7) is 0.462. The Morgan fingerprint density at radius 2 is 2.00 bits per heavy atom. The van der Waals surface area contributed by atoms with Gasteiger partial charge in [0.1, 0.15) is 0 Å². The lowest BCUT2D eigenvalue weighted by molar-refractivity contribution is 0.262. The van der Waals surface area contributed by atoms with E-state index in [-0.39, 0.29) is 6.73 Å². The molecule has 0 bridgehead atoms. The quantitative estimate of drug-likeness (QED) is 0.558. The third-order valence-electron chi connectivity index (χ3n) is 2.05.